The highest BCUT2D eigenvalue weighted by atomic mass is 127. The molecule has 0 fully saturated rings. The lowest BCUT2D eigenvalue weighted by atomic mass is 10.2. The molecule has 0 aliphatic heterocycles. The second kappa shape index (κ2) is 5.27. The van der Waals surface area contributed by atoms with Crippen molar-refractivity contribution in [2.45, 2.75) is 13.3 Å². The predicted octanol–water partition coefficient (Wildman–Crippen LogP) is 3.64. The fraction of sp³-hybridized carbons (Fsp3) is 0.273. The average molecular weight is 288 g/mol. The summed E-state index contributed by atoms with van der Waals surface area (Å²) in [5.41, 5.74) is 1.12. The molecule has 0 bridgehead atoms. The van der Waals surface area contributed by atoms with Gasteiger partial charge in [0, 0.05) is 0 Å². The summed E-state index contributed by atoms with van der Waals surface area (Å²) in [6.45, 7) is 6.60. The van der Waals surface area contributed by atoms with E-state index in [2.05, 4.69) is 36.1 Å². The van der Waals surface area contributed by atoms with Crippen LogP contribution < -0.4 is 4.74 Å². The SMILES string of the molecule is C=C(CC)COc1ccccc1I. The first-order valence-electron chi connectivity index (χ1n) is 4.28. The van der Waals surface area contributed by atoms with E-state index < -0.39 is 0 Å². The van der Waals surface area contributed by atoms with E-state index in [-0.39, 0.29) is 0 Å². The van der Waals surface area contributed by atoms with Crippen molar-refractivity contribution in [2.75, 3.05) is 6.61 Å². The smallest absolute Gasteiger partial charge is 0.133 e. The minimum Gasteiger partial charge on any atom is -0.488 e. The molecule has 0 N–H and O–H groups in total. The van der Waals surface area contributed by atoms with Crippen LogP contribution in [0.1, 0.15) is 13.3 Å². The van der Waals surface area contributed by atoms with Gasteiger partial charge in [-0.2, -0.15) is 0 Å². The Morgan fingerprint density at radius 1 is 1.46 bits per heavy atom. The first kappa shape index (κ1) is 10.6. The monoisotopic (exact) mass is 288 g/mol. The van der Waals surface area contributed by atoms with Crippen molar-refractivity contribution >= 4 is 22.6 Å². The van der Waals surface area contributed by atoms with E-state index in [0.29, 0.717) is 6.61 Å². The molecule has 0 amide bonds. The zero-order valence-electron chi connectivity index (χ0n) is 7.72. The first-order valence-corrected chi connectivity index (χ1v) is 5.36. The van der Waals surface area contributed by atoms with Crippen LogP contribution >= 0.6 is 22.6 Å². The van der Waals surface area contributed by atoms with E-state index in [1.807, 2.05) is 24.3 Å². The number of hydrogen-bond donors (Lipinski definition) is 0. The van der Waals surface area contributed by atoms with Crippen LogP contribution in [-0.4, -0.2) is 6.61 Å². The largest absolute Gasteiger partial charge is 0.488 e. The van der Waals surface area contributed by atoms with Gasteiger partial charge in [0.15, 0.2) is 0 Å². The Kier molecular flexibility index (Phi) is 4.28. The molecule has 0 aliphatic carbocycles. The van der Waals surface area contributed by atoms with Gasteiger partial charge in [-0.05, 0) is 46.7 Å². The molecule has 0 spiro atoms. The van der Waals surface area contributed by atoms with Crippen LogP contribution in [0.5, 0.6) is 5.75 Å². The Morgan fingerprint density at radius 3 is 2.77 bits per heavy atom. The van der Waals surface area contributed by atoms with E-state index >= 15 is 0 Å². The summed E-state index contributed by atoms with van der Waals surface area (Å²) in [4.78, 5) is 0. The van der Waals surface area contributed by atoms with E-state index in [1.165, 1.54) is 0 Å². The maximum Gasteiger partial charge on any atom is 0.133 e. The van der Waals surface area contributed by atoms with Crippen LogP contribution in [0.15, 0.2) is 36.4 Å². The minimum absolute atomic E-state index is 0.622. The molecule has 70 valence electrons. The lowest BCUT2D eigenvalue weighted by molar-refractivity contribution is 0.346. The molecule has 0 unspecified atom stereocenters. The fourth-order valence-corrected chi connectivity index (χ4v) is 1.39. The van der Waals surface area contributed by atoms with Gasteiger partial charge >= 0.3 is 0 Å². The Hall–Kier alpha value is -0.510. The van der Waals surface area contributed by atoms with Gasteiger partial charge in [-0.25, -0.2) is 0 Å². The van der Waals surface area contributed by atoms with Crippen LogP contribution in [0.2, 0.25) is 0 Å². The van der Waals surface area contributed by atoms with E-state index in [4.69, 9.17) is 4.74 Å². The topological polar surface area (TPSA) is 9.23 Å². The summed E-state index contributed by atoms with van der Waals surface area (Å²) in [6, 6.07) is 7.99. The minimum atomic E-state index is 0.622. The normalized spacial score (nSPS) is 9.69. The maximum atomic E-state index is 5.58. The summed E-state index contributed by atoms with van der Waals surface area (Å²) >= 11 is 2.26. The number of para-hydroxylation sites is 1. The Labute approximate surface area is 92.9 Å². The summed E-state index contributed by atoms with van der Waals surface area (Å²) in [7, 11) is 0. The molecular weight excluding hydrogens is 275 g/mol. The van der Waals surface area contributed by atoms with Crippen molar-refractivity contribution < 1.29 is 4.74 Å². The molecule has 13 heavy (non-hydrogen) atoms. The second-order valence-electron chi connectivity index (χ2n) is 2.82. The van der Waals surface area contributed by atoms with Crippen molar-refractivity contribution in [3.8, 4) is 5.75 Å². The van der Waals surface area contributed by atoms with E-state index in [9.17, 15) is 0 Å². The molecule has 0 radical (unpaired) electrons. The van der Waals surface area contributed by atoms with Gasteiger partial charge in [-0.15, -0.1) is 0 Å². The van der Waals surface area contributed by atoms with Crippen molar-refractivity contribution in [1.29, 1.82) is 0 Å². The standard InChI is InChI=1S/C11H13IO/c1-3-9(2)8-13-11-7-5-4-6-10(11)12/h4-7H,2-3,8H2,1H3. The molecular formula is C11H13IO. The van der Waals surface area contributed by atoms with Crippen LogP contribution in [0, 0.1) is 3.57 Å². The number of hydrogen-bond acceptors (Lipinski definition) is 1. The van der Waals surface area contributed by atoms with E-state index in [1.54, 1.807) is 0 Å². The highest BCUT2D eigenvalue weighted by Gasteiger charge is 1.98. The maximum absolute atomic E-state index is 5.58. The average Bonchev–Trinajstić information content (AvgIpc) is 2.16. The van der Waals surface area contributed by atoms with Gasteiger partial charge in [0.25, 0.3) is 0 Å². The molecule has 0 aliphatic rings. The van der Waals surface area contributed by atoms with Crippen molar-refractivity contribution in [3.63, 3.8) is 0 Å². The third kappa shape index (κ3) is 3.38. The molecule has 2 heteroatoms. The molecule has 1 aromatic rings. The molecule has 0 saturated heterocycles. The molecule has 1 rings (SSSR count). The van der Waals surface area contributed by atoms with Crippen molar-refractivity contribution in [1.82, 2.24) is 0 Å². The van der Waals surface area contributed by atoms with Crippen LogP contribution in [0.25, 0.3) is 0 Å². The Bertz CT molecular complexity index is 294. The lowest BCUT2D eigenvalue weighted by Crippen LogP contribution is -2.00. The van der Waals surface area contributed by atoms with Crippen LogP contribution in [0.4, 0.5) is 0 Å². The van der Waals surface area contributed by atoms with Crippen LogP contribution in [0.3, 0.4) is 0 Å². The highest BCUT2D eigenvalue weighted by molar-refractivity contribution is 14.1. The Morgan fingerprint density at radius 2 is 2.15 bits per heavy atom. The predicted molar refractivity (Wildman–Crippen MR) is 64.1 cm³/mol. The third-order valence-corrected chi connectivity index (χ3v) is 2.66. The zero-order chi connectivity index (χ0) is 9.68. The molecule has 0 atom stereocenters. The van der Waals surface area contributed by atoms with Crippen molar-refractivity contribution in [2.24, 2.45) is 0 Å². The quantitative estimate of drug-likeness (QED) is 0.607. The molecule has 0 aromatic heterocycles. The summed E-state index contributed by atoms with van der Waals surface area (Å²) in [5, 5.41) is 0. The van der Waals surface area contributed by atoms with Gasteiger partial charge in [0.05, 0.1) is 3.57 Å². The van der Waals surface area contributed by atoms with Crippen LogP contribution in [-0.2, 0) is 0 Å². The number of benzene rings is 1. The highest BCUT2D eigenvalue weighted by Crippen LogP contribution is 2.20. The molecule has 0 heterocycles. The van der Waals surface area contributed by atoms with Crippen molar-refractivity contribution in [3.05, 3.63) is 40.0 Å². The van der Waals surface area contributed by atoms with Gasteiger partial charge in [-0.3, -0.25) is 0 Å². The number of halogens is 1. The molecule has 1 aromatic carbocycles. The van der Waals surface area contributed by atoms with Gasteiger partial charge in [0.1, 0.15) is 12.4 Å². The van der Waals surface area contributed by atoms with Gasteiger partial charge in [0.2, 0.25) is 0 Å². The third-order valence-electron chi connectivity index (χ3n) is 1.77. The lowest BCUT2D eigenvalue weighted by Gasteiger charge is -2.08. The van der Waals surface area contributed by atoms with E-state index in [0.717, 1.165) is 21.3 Å². The molecule has 0 saturated carbocycles. The first-order chi connectivity index (χ1) is 6.24. The number of rotatable bonds is 4. The van der Waals surface area contributed by atoms with Gasteiger partial charge < -0.3 is 4.74 Å². The summed E-state index contributed by atoms with van der Waals surface area (Å²) in [5.74, 6) is 0.942. The molecule has 1 nitrogen and oxygen atoms in total. The number of ether oxygens (including phenoxy) is 1. The summed E-state index contributed by atoms with van der Waals surface area (Å²) in [6.07, 6.45) is 0.976. The summed E-state index contributed by atoms with van der Waals surface area (Å²) < 4.78 is 6.73. The zero-order valence-corrected chi connectivity index (χ0v) is 9.87. The second-order valence-corrected chi connectivity index (χ2v) is 3.98. The Balaban J connectivity index is 2.54. The van der Waals surface area contributed by atoms with Gasteiger partial charge in [-0.1, -0.05) is 25.6 Å². The fourth-order valence-electron chi connectivity index (χ4n) is 0.844.